The zero-order valence-corrected chi connectivity index (χ0v) is 13.3. The third-order valence-electron chi connectivity index (χ3n) is 2.08. The van der Waals surface area contributed by atoms with E-state index in [1.54, 1.807) is 0 Å². The smallest absolute Gasteiger partial charge is 0.744 e. The Morgan fingerprint density at radius 1 is 1.11 bits per heavy atom. The molecule has 0 aromatic heterocycles. The number of benzene rings is 1. The van der Waals surface area contributed by atoms with Crippen LogP contribution in [0.25, 0.3) is 0 Å². The van der Waals surface area contributed by atoms with Crippen LogP contribution in [-0.4, -0.2) is 39.1 Å². The summed E-state index contributed by atoms with van der Waals surface area (Å²) in [6.07, 6.45) is 0. The summed E-state index contributed by atoms with van der Waals surface area (Å²) in [5, 5.41) is 0. The first-order valence-corrected chi connectivity index (χ1v) is 5.98. The van der Waals surface area contributed by atoms with Gasteiger partial charge in [0.05, 0.1) is 30.2 Å². The SMILES string of the molecule is COC(=O)c1ccc(C(=O)OC)c(S(=O)(=O)[O-])c1.[Na+]. The first-order valence-electron chi connectivity index (χ1n) is 4.58. The van der Waals surface area contributed by atoms with Gasteiger partial charge in [0, 0.05) is 0 Å². The molecule has 19 heavy (non-hydrogen) atoms. The van der Waals surface area contributed by atoms with E-state index in [9.17, 15) is 22.6 Å². The van der Waals surface area contributed by atoms with Crippen LogP contribution < -0.4 is 29.6 Å². The van der Waals surface area contributed by atoms with Crippen LogP contribution in [0, 0.1) is 0 Å². The van der Waals surface area contributed by atoms with Crippen molar-refractivity contribution in [3.05, 3.63) is 29.3 Å². The first kappa shape index (κ1) is 18.1. The minimum absolute atomic E-state index is 0. The summed E-state index contributed by atoms with van der Waals surface area (Å²) in [7, 11) is -2.77. The molecule has 0 N–H and O–H groups in total. The molecule has 98 valence electrons. The minimum Gasteiger partial charge on any atom is -0.744 e. The average Bonchev–Trinajstić information content (AvgIpc) is 2.35. The van der Waals surface area contributed by atoms with Gasteiger partial charge in [-0.1, -0.05) is 0 Å². The molecular weight excluding hydrogens is 287 g/mol. The Bertz CT molecular complexity index is 594. The number of methoxy groups -OCH3 is 2. The fourth-order valence-electron chi connectivity index (χ4n) is 1.25. The number of carbonyl (C=O) groups excluding carboxylic acids is 2. The quantitative estimate of drug-likeness (QED) is 0.336. The molecule has 1 aromatic carbocycles. The van der Waals surface area contributed by atoms with Gasteiger partial charge in [-0.2, -0.15) is 0 Å². The van der Waals surface area contributed by atoms with E-state index in [-0.39, 0.29) is 35.1 Å². The maximum absolute atomic E-state index is 11.3. The molecule has 1 rings (SSSR count). The Kier molecular flexibility index (Phi) is 6.67. The Morgan fingerprint density at radius 3 is 2.05 bits per heavy atom. The van der Waals surface area contributed by atoms with E-state index >= 15 is 0 Å². The molecule has 0 aliphatic rings. The van der Waals surface area contributed by atoms with Crippen molar-refractivity contribution < 1.29 is 61.6 Å². The Labute approximate surface area is 131 Å². The fourth-order valence-corrected chi connectivity index (χ4v) is 1.94. The molecule has 1 aromatic rings. The second-order valence-electron chi connectivity index (χ2n) is 3.15. The van der Waals surface area contributed by atoms with Crippen molar-refractivity contribution >= 4 is 22.1 Å². The number of hydrogen-bond acceptors (Lipinski definition) is 7. The van der Waals surface area contributed by atoms with Gasteiger partial charge in [-0.15, -0.1) is 0 Å². The van der Waals surface area contributed by atoms with Gasteiger partial charge in [0.2, 0.25) is 0 Å². The molecule has 0 radical (unpaired) electrons. The van der Waals surface area contributed by atoms with E-state index in [1.165, 1.54) is 0 Å². The Hall–Kier alpha value is -0.930. The van der Waals surface area contributed by atoms with Gasteiger partial charge in [-0.25, -0.2) is 18.0 Å². The Morgan fingerprint density at radius 2 is 1.63 bits per heavy atom. The second-order valence-corrected chi connectivity index (χ2v) is 4.50. The molecule has 9 heteroatoms. The molecule has 0 spiro atoms. The predicted molar refractivity (Wildman–Crippen MR) is 57.1 cm³/mol. The molecular formula is C10H9NaO7S. The van der Waals surface area contributed by atoms with Gasteiger partial charge < -0.3 is 14.0 Å². The van der Waals surface area contributed by atoms with E-state index in [1.807, 2.05) is 0 Å². The van der Waals surface area contributed by atoms with Gasteiger partial charge in [0.15, 0.2) is 0 Å². The van der Waals surface area contributed by atoms with Crippen molar-refractivity contribution in [1.82, 2.24) is 0 Å². The topological polar surface area (TPSA) is 110 Å². The summed E-state index contributed by atoms with van der Waals surface area (Å²) in [5.41, 5.74) is -0.584. The van der Waals surface area contributed by atoms with Crippen LogP contribution in [0.15, 0.2) is 23.1 Å². The summed E-state index contributed by atoms with van der Waals surface area (Å²) in [6.45, 7) is 0. The normalized spacial score (nSPS) is 10.3. The number of ether oxygens (including phenoxy) is 2. The van der Waals surface area contributed by atoms with Gasteiger partial charge in [-0.05, 0) is 18.2 Å². The van der Waals surface area contributed by atoms with Gasteiger partial charge in [0.25, 0.3) is 0 Å². The van der Waals surface area contributed by atoms with Crippen molar-refractivity contribution in [2.24, 2.45) is 0 Å². The van der Waals surface area contributed by atoms with E-state index in [0.29, 0.717) is 0 Å². The third kappa shape index (κ3) is 4.29. The average molecular weight is 296 g/mol. The summed E-state index contributed by atoms with van der Waals surface area (Å²) in [4.78, 5) is 21.7. The molecule has 0 saturated carbocycles. The van der Waals surface area contributed by atoms with Crippen molar-refractivity contribution in [3.63, 3.8) is 0 Å². The zero-order valence-electron chi connectivity index (χ0n) is 10.5. The van der Waals surface area contributed by atoms with Gasteiger partial charge in [0.1, 0.15) is 10.1 Å². The number of esters is 2. The van der Waals surface area contributed by atoms with Crippen LogP contribution in [0.1, 0.15) is 20.7 Å². The standard InChI is InChI=1S/C10H10O7S.Na/c1-16-9(11)6-3-4-7(10(12)17-2)8(5-6)18(13,14)15;/h3-5H,1-2H3,(H,13,14,15);/q;+1/p-1. The molecule has 7 nitrogen and oxygen atoms in total. The molecule has 0 bridgehead atoms. The minimum atomic E-state index is -4.91. The first-order chi connectivity index (χ1) is 8.31. The molecule has 0 aliphatic carbocycles. The van der Waals surface area contributed by atoms with Crippen molar-refractivity contribution in [3.8, 4) is 0 Å². The van der Waals surface area contributed by atoms with Crippen LogP contribution in [0.3, 0.4) is 0 Å². The molecule has 0 saturated heterocycles. The molecule has 0 heterocycles. The van der Waals surface area contributed by atoms with Crippen molar-refractivity contribution in [2.45, 2.75) is 4.90 Å². The van der Waals surface area contributed by atoms with E-state index in [0.717, 1.165) is 32.4 Å². The maximum atomic E-state index is 11.3. The van der Waals surface area contributed by atoms with Crippen molar-refractivity contribution in [1.29, 1.82) is 0 Å². The van der Waals surface area contributed by atoms with Crippen LogP contribution >= 0.6 is 0 Å². The van der Waals surface area contributed by atoms with Gasteiger partial charge >= 0.3 is 41.5 Å². The molecule has 0 aliphatic heterocycles. The van der Waals surface area contributed by atoms with Crippen LogP contribution in [0.5, 0.6) is 0 Å². The largest absolute Gasteiger partial charge is 1.00 e. The summed E-state index contributed by atoms with van der Waals surface area (Å²) >= 11 is 0. The predicted octanol–water partition coefficient (Wildman–Crippen LogP) is -2.83. The van der Waals surface area contributed by atoms with Crippen LogP contribution in [0.2, 0.25) is 0 Å². The number of hydrogen-bond donors (Lipinski definition) is 0. The number of rotatable bonds is 3. The van der Waals surface area contributed by atoms with Crippen LogP contribution in [-0.2, 0) is 19.6 Å². The van der Waals surface area contributed by atoms with E-state index in [2.05, 4.69) is 9.47 Å². The molecule has 0 atom stereocenters. The zero-order chi connectivity index (χ0) is 13.9. The Balaban J connectivity index is 0.00000324. The van der Waals surface area contributed by atoms with Crippen molar-refractivity contribution in [2.75, 3.05) is 14.2 Å². The van der Waals surface area contributed by atoms with Crippen LogP contribution in [0.4, 0.5) is 0 Å². The molecule has 0 fully saturated rings. The third-order valence-corrected chi connectivity index (χ3v) is 2.95. The summed E-state index contributed by atoms with van der Waals surface area (Å²) < 4.78 is 41.8. The van der Waals surface area contributed by atoms with E-state index in [4.69, 9.17) is 0 Å². The maximum Gasteiger partial charge on any atom is 1.00 e. The monoisotopic (exact) mass is 296 g/mol. The summed E-state index contributed by atoms with van der Waals surface area (Å²) in [5.74, 6) is -1.81. The van der Waals surface area contributed by atoms with E-state index < -0.39 is 32.5 Å². The second kappa shape index (κ2) is 7.01. The molecule has 0 amide bonds. The fraction of sp³-hybridized carbons (Fsp3) is 0.200. The molecule has 0 unspecified atom stereocenters. The summed E-state index contributed by atoms with van der Waals surface area (Å²) in [6, 6.07) is 2.95. The number of carbonyl (C=O) groups is 2. The van der Waals surface area contributed by atoms with Gasteiger partial charge in [-0.3, -0.25) is 0 Å².